The Hall–Kier alpha value is -3.32. The first-order valence-electron chi connectivity index (χ1n) is 9.19. The van der Waals surface area contributed by atoms with Crippen LogP contribution in [0.4, 0.5) is 11.4 Å². The van der Waals surface area contributed by atoms with Crippen molar-refractivity contribution in [3.05, 3.63) is 82.3 Å². The molecule has 0 unspecified atom stereocenters. The maximum absolute atomic E-state index is 12.6. The van der Waals surface area contributed by atoms with Gasteiger partial charge in [-0.25, -0.2) is 0 Å². The molecule has 154 valence electrons. The summed E-state index contributed by atoms with van der Waals surface area (Å²) >= 11 is 3.41. The number of nitrogens with one attached hydrogen (secondary N) is 2. The van der Waals surface area contributed by atoms with Crippen LogP contribution in [0, 0.1) is 0 Å². The largest absolute Gasteiger partial charge is 0.493 e. The molecule has 0 aliphatic carbocycles. The van der Waals surface area contributed by atoms with Crippen LogP contribution < -0.4 is 20.1 Å². The first-order valence-corrected chi connectivity index (χ1v) is 9.98. The summed E-state index contributed by atoms with van der Waals surface area (Å²) in [6.45, 7) is 1.81. The van der Waals surface area contributed by atoms with Crippen LogP contribution in [-0.4, -0.2) is 18.9 Å². The Kier molecular flexibility index (Phi) is 7.08. The molecule has 2 N–H and O–H groups in total. The number of halogens is 1. The zero-order valence-corrected chi connectivity index (χ0v) is 18.2. The molecular formula is C23H21BrN2O4. The highest BCUT2D eigenvalue weighted by Crippen LogP contribution is 2.29. The van der Waals surface area contributed by atoms with Crippen LogP contribution in [0.25, 0.3) is 0 Å². The number of rotatable bonds is 7. The molecule has 0 aliphatic rings. The first-order chi connectivity index (χ1) is 14.4. The molecule has 0 aliphatic heterocycles. The Morgan fingerprint density at radius 2 is 1.60 bits per heavy atom. The maximum Gasteiger partial charge on any atom is 0.255 e. The fourth-order valence-electron chi connectivity index (χ4n) is 2.75. The smallest absolute Gasteiger partial charge is 0.255 e. The Morgan fingerprint density at radius 3 is 2.27 bits per heavy atom. The van der Waals surface area contributed by atoms with E-state index in [1.54, 1.807) is 42.5 Å². The van der Waals surface area contributed by atoms with Crippen LogP contribution in [0.3, 0.4) is 0 Å². The number of methoxy groups -OCH3 is 1. The Labute approximate surface area is 183 Å². The summed E-state index contributed by atoms with van der Waals surface area (Å²) in [6.07, 6.45) is 0. The van der Waals surface area contributed by atoms with Crippen LogP contribution in [0.5, 0.6) is 11.5 Å². The molecule has 3 aromatic rings. The second-order valence-electron chi connectivity index (χ2n) is 6.50. The predicted octanol–water partition coefficient (Wildman–Crippen LogP) is 5.25. The van der Waals surface area contributed by atoms with Crippen molar-refractivity contribution in [3.63, 3.8) is 0 Å². The molecule has 7 heteroatoms. The lowest BCUT2D eigenvalue weighted by Gasteiger charge is -2.13. The van der Waals surface area contributed by atoms with Crippen molar-refractivity contribution in [2.75, 3.05) is 17.7 Å². The highest BCUT2D eigenvalue weighted by atomic mass is 79.9. The number of ether oxygens (including phenoxy) is 2. The summed E-state index contributed by atoms with van der Waals surface area (Å²) in [5, 5.41) is 5.50. The van der Waals surface area contributed by atoms with Gasteiger partial charge in [0, 0.05) is 28.3 Å². The fraction of sp³-hybridized carbons (Fsp3) is 0.130. The van der Waals surface area contributed by atoms with E-state index in [2.05, 4.69) is 26.6 Å². The third-order valence-corrected chi connectivity index (χ3v) is 4.70. The Morgan fingerprint density at radius 1 is 0.900 bits per heavy atom. The number of amides is 2. The highest BCUT2D eigenvalue weighted by molar-refractivity contribution is 9.10. The topological polar surface area (TPSA) is 76.7 Å². The monoisotopic (exact) mass is 468 g/mol. The van der Waals surface area contributed by atoms with E-state index in [0.717, 1.165) is 10.0 Å². The van der Waals surface area contributed by atoms with Gasteiger partial charge < -0.3 is 20.1 Å². The highest BCUT2D eigenvalue weighted by Gasteiger charge is 2.12. The third-order valence-electron chi connectivity index (χ3n) is 4.17. The molecule has 0 heterocycles. The summed E-state index contributed by atoms with van der Waals surface area (Å²) in [7, 11) is 1.53. The van der Waals surface area contributed by atoms with Crippen molar-refractivity contribution >= 4 is 39.1 Å². The molecule has 6 nitrogen and oxygen atoms in total. The van der Waals surface area contributed by atoms with E-state index >= 15 is 0 Å². The number of hydrogen-bond donors (Lipinski definition) is 2. The SMILES string of the molecule is COc1cc(C(=O)Nc2cccc(NC(C)=O)c2)ccc1OCc1ccc(Br)cc1. The summed E-state index contributed by atoms with van der Waals surface area (Å²) in [5.74, 6) is 0.533. The zero-order chi connectivity index (χ0) is 21.5. The van der Waals surface area contributed by atoms with Gasteiger partial charge in [0.15, 0.2) is 11.5 Å². The normalized spacial score (nSPS) is 10.2. The maximum atomic E-state index is 12.6. The molecule has 0 fully saturated rings. The van der Waals surface area contributed by atoms with Gasteiger partial charge >= 0.3 is 0 Å². The molecule has 0 aromatic heterocycles. The van der Waals surface area contributed by atoms with Crippen LogP contribution >= 0.6 is 15.9 Å². The number of carbonyl (C=O) groups excluding carboxylic acids is 2. The van der Waals surface area contributed by atoms with Gasteiger partial charge in [0.05, 0.1) is 7.11 Å². The summed E-state index contributed by atoms with van der Waals surface area (Å²) < 4.78 is 12.2. The van der Waals surface area contributed by atoms with Gasteiger partial charge in [-0.05, 0) is 54.1 Å². The minimum absolute atomic E-state index is 0.179. The van der Waals surface area contributed by atoms with Gasteiger partial charge in [-0.1, -0.05) is 34.1 Å². The van der Waals surface area contributed by atoms with Crippen molar-refractivity contribution in [1.29, 1.82) is 0 Å². The van der Waals surface area contributed by atoms with Crippen molar-refractivity contribution < 1.29 is 19.1 Å². The van der Waals surface area contributed by atoms with E-state index in [9.17, 15) is 9.59 Å². The van der Waals surface area contributed by atoms with Crippen molar-refractivity contribution in [1.82, 2.24) is 0 Å². The lowest BCUT2D eigenvalue weighted by molar-refractivity contribution is -0.114. The summed E-state index contributed by atoms with van der Waals surface area (Å²) in [6, 6.07) is 19.8. The minimum atomic E-state index is -0.298. The zero-order valence-electron chi connectivity index (χ0n) is 16.6. The summed E-state index contributed by atoms with van der Waals surface area (Å²) in [4.78, 5) is 23.8. The van der Waals surface area contributed by atoms with Crippen molar-refractivity contribution in [2.45, 2.75) is 13.5 Å². The number of hydrogen-bond acceptors (Lipinski definition) is 4. The van der Waals surface area contributed by atoms with E-state index in [4.69, 9.17) is 9.47 Å². The molecule has 2 amide bonds. The molecule has 0 saturated carbocycles. The van der Waals surface area contributed by atoms with Gasteiger partial charge in [-0.2, -0.15) is 0 Å². The van der Waals surface area contributed by atoms with Gasteiger partial charge in [-0.15, -0.1) is 0 Å². The second kappa shape index (κ2) is 9.93. The van der Waals surface area contributed by atoms with Gasteiger partial charge in [0.2, 0.25) is 5.91 Å². The molecule has 3 aromatic carbocycles. The molecule has 3 rings (SSSR count). The molecule has 0 saturated heterocycles. The number of anilines is 2. The Balaban J connectivity index is 1.69. The van der Waals surface area contributed by atoms with Crippen molar-refractivity contribution in [3.8, 4) is 11.5 Å². The molecule has 0 atom stereocenters. The van der Waals surface area contributed by atoms with E-state index in [0.29, 0.717) is 35.0 Å². The average molecular weight is 469 g/mol. The van der Waals surface area contributed by atoms with E-state index < -0.39 is 0 Å². The molecule has 30 heavy (non-hydrogen) atoms. The van der Waals surface area contributed by atoms with E-state index in [1.807, 2.05) is 24.3 Å². The fourth-order valence-corrected chi connectivity index (χ4v) is 3.02. The van der Waals surface area contributed by atoms with Crippen LogP contribution in [0.15, 0.2) is 71.2 Å². The van der Waals surface area contributed by atoms with E-state index in [1.165, 1.54) is 14.0 Å². The van der Waals surface area contributed by atoms with Crippen LogP contribution in [-0.2, 0) is 11.4 Å². The first kappa shape index (κ1) is 21.4. The average Bonchev–Trinajstić information content (AvgIpc) is 2.73. The molecule has 0 spiro atoms. The minimum Gasteiger partial charge on any atom is -0.493 e. The van der Waals surface area contributed by atoms with Gasteiger partial charge in [-0.3, -0.25) is 9.59 Å². The van der Waals surface area contributed by atoms with Gasteiger partial charge in [0.1, 0.15) is 6.61 Å². The van der Waals surface area contributed by atoms with Gasteiger partial charge in [0.25, 0.3) is 5.91 Å². The standard InChI is InChI=1S/C23H21BrN2O4/c1-15(27)25-19-4-3-5-20(13-19)26-23(28)17-8-11-21(22(12-17)29-2)30-14-16-6-9-18(24)10-7-16/h3-13H,14H2,1-2H3,(H,25,27)(H,26,28). The van der Waals surface area contributed by atoms with E-state index in [-0.39, 0.29) is 11.8 Å². The quantitative estimate of drug-likeness (QED) is 0.496. The lowest BCUT2D eigenvalue weighted by Crippen LogP contribution is -2.13. The number of benzene rings is 3. The van der Waals surface area contributed by atoms with Crippen LogP contribution in [0.2, 0.25) is 0 Å². The lowest BCUT2D eigenvalue weighted by atomic mass is 10.1. The predicted molar refractivity (Wildman–Crippen MR) is 120 cm³/mol. The second-order valence-corrected chi connectivity index (χ2v) is 7.41. The molecule has 0 bridgehead atoms. The van der Waals surface area contributed by atoms with Crippen LogP contribution in [0.1, 0.15) is 22.8 Å². The summed E-state index contributed by atoms with van der Waals surface area (Å²) in [5.41, 5.74) is 2.62. The molecular weight excluding hydrogens is 448 g/mol. The van der Waals surface area contributed by atoms with Crippen molar-refractivity contribution in [2.24, 2.45) is 0 Å². The third kappa shape index (κ3) is 5.84. The Bertz CT molecular complexity index is 1050. The number of carbonyl (C=O) groups is 2. The molecule has 0 radical (unpaired) electrons.